The molecule has 1 aromatic carbocycles. The van der Waals surface area contributed by atoms with Crippen LogP contribution in [0.15, 0.2) is 24.3 Å². The van der Waals surface area contributed by atoms with Crippen LogP contribution in [0.3, 0.4) is 0 Å². The Kier molecular flexibility index (Phi) is 4.74. The minimum atomic E-state index is -1.86. The summed E-state index contributed by atoms with van der Waals surface area (Å²) in [6.07, 6.45) is 5.34. The minimum Gasteiger partial charge on any atom is -0.466 e. The van der Waals surface area contributed by atoms with Crippen molar-refractivity contribution in [1.82, 2.24) is 0 Å². The van der Waals surface area contributed by atoms with Crippen molar-refractivity contribution in [3.8, 4) is 12.3 Å². The summed E-state index contributed by atoms with van der Waals surface area (Å²) in [6, 6.07) is 7.94. The fourth-order valence-corrected chi connectivity index (χ4v) is 4.01. The normalized spacial score (nSPS) is 12.6. The maximum absolute atomic E-state index is 11.9. The molecule has 18 heavy (non-hydrogen) atoms. The highest BCUT2D eigenvalue weighted by Crippen LogP contribution is 2.22. The van der Waals surface area contributed by atoms with Gasteiger partial charge in [-0.15, -0.1) is 6.42 Å². The lowest BCUT2D eigenvalue weighted by Gasteiger charge is -2.28. The molecule has 0 bridgehead atoms. The molecule has 3 heteroatoms. The first kappa shape index (κ1) is 14.5. The van der Waals surface area contributed by atoms with Crippen LogP contribution in [0.25, 0.3) is 0 Å². The van der Waals surface area contributed by atoms with Gasteiger partial charge in [0.2, 0.25) is 0 Å². The van der Waals surface area contributed by atoms with E-state index >= 15 is 0 Å². The number of ether oxygens (including phenoxy) is 1. The van der Waals surface area contributed by atoms with Crippen LogP contribution in [-0.4, -0.2) is 20.7 Å². The van der Waals surface area contributed by atoms with Crippen molar-refractivity contribution in [3.05, 3.63) is 29.8 Å². The van der Waals surface area contributed by atoms with E-state index < -0.39 is 8.07 Å². The average molecular weight is 260 g/mol. The first-order chi connectivity index (χ1) is 8.43. The fourth-order valence-electron chi connectivity index (χ4n) is 1.81. The van der Waals surface area contributed by atoms with Gasteiger partial charge in [-0.25, -0.2) is 0 Å². The Morgan fingerprint density at radius 3 is 2.39 bits per heavy atom. The van der Waals surface area contributed by atoms with Crippen LogP contribution in [0.1, 0.15) is 19.4 Å². The van der Waals surface area contributed by atoms with E-state index in [0.29, 0.717) is 6.61 Å². The molecule has 0 unspecified atom stereocenters. The third-order valence-electron chi connectivity index (χ3n) is 3.52. The lowest BCUT2D eigenvalue weighted by molar-refractivity contribution is -0.142. The Morgan fingerprint density at radius 1 is 1.39 bits per heavy atom. The Labute approximate surface area is 110 Å². The van der Waals surface area contributed by atoms with Gasteiger partial charge in [0.15, 0.2) is 0 Å². The van der Waals surface area contributed by atoms with Crippen LogP contribution < -0.4 is 5.19 Å². The molecule has 96 valence electrons. The SMILES string of the molecule is C#Cc1ccc([Si](C)(C)[C@@H](C)C(=O)OCC)cc1. The van der Waals surface area contributed by atoms with Gasteiger partial charge in [-0.1, -0.05) is 43.3 Å². The first-order valence-corrected chi connectivity index (χ1v) is 9.25. The smallest absolute Gasteiger partial charge is 0.306 e. The lowest BCUT2D eigenvalue weighted by atomic mass is 10.2. The first-order valence-electron chi connectivity index (χ1n) is 6.17. The van der Waals surface area contributed by atoms with E-state index in [9.17, 15) is 4.79 Å². The van der Waals surface area contributed by atoms with E-state index in [1.54, 1.807) is 0 Å². The molecule has 0 heterocycles. The number of hydrogen-bond donors (Lipinski definition) is 0. The van der Waals surface area contributed by atoms with Crippen LogP contribution in [0.5, 0.6) is 0 Å². The molecule has 0 fully saturated rings. The zero-order valence-electron chi connectivity index (χ0n) is 11.5. The Morgan fingerprint density at radius 2 is 1.94 bits per heavy atom. The molecular weight excluding hydrogens is 240 g/mol. The molecule has 0 aliphatic carbocycles. The van der Waals surface area contributed by atoms with Gasteiger partial charge in [-0.2, -0.15) is 0 Å². The van der Waals surface area contributed by atoms with Crippen LogP contribution in [0, 0.1) is 12.3 Å². The summed E-state index contributed by atoms with van der Waals surface area (Å²) in [5.74, 6) is 2.50. The van der Waals surface area contributed by atoms with E-state index in [1.165, 1.54) is 5.19 Å². The number of hydrogen-bond acceptors (Lipinski definition) is 2. The van der Waals surface area contributed by atoms with Gasteiger partial charge in [0, 0.05) is 5.56 Å². The standard InChI is InChI=1S/C15H20O2Si/c1-6-13-8-10-14(11-9-13)18(4,5)12(3)15(16)17-7-2/h1,8-12H,7H2,2-5H3/t12-/m0/s1. The van der Waals surface area contributed by atoms with Gasteiger partial charge in [0.1, 0.15) is 0 Å². The third kappa shape index (κ3) is 3.02. The van der Waals surface area contributed by atoms with E-state index in [2.05, 4.69) is 19.0 Å². The van der Waals surface area contributed by atoms with Crippen molar-refractivity contribution in [2.45, 2.75) is 32.5 Å². The highest BCUT2D eigenvalue weighted by atomic mass is 28.3. The fraction of sp³-hybridized carbons (Fsp3) is 0.400. The summed E-state index contributed by atoms with van der Waals surface area (Å²) < 4.78 is 5.12. The Bertz CT molecular complexity index is 454. The lowest BCUT2D eigenvalue weighted by Crippen LogP contribution is -2.48. The van der Waals surface area contributed by atoms with E-state index in [1.807, 2.05) is 38.1 Å². The summed E-state index contributed by atoms with van der Waals surface area (Å²) in [7, 11) is -1.86. The molecule has 0 saturated carbocycles. The summed E-state index contributed by atoms with van der Waals surface area (Å²) in [5.41, 5.74) is 0.807. The van der Waals surface area contributed by atoms with Crippen molar-refractivity contribution in [2.24, 2.45) is 0 Å². The quantitative estimate of drug-likeness (QED) is 0.472. The van der Waals surface area contributed by atoms with Crippen molar-refractivity contribution < 1.29 is 9.53 Å². The molecule has 0 N–H and O–H groups in total. The monoisotopic (exact) mass is 260 g/mol. The summed E-state index contributed by atoms with van der Waals surface area (Å²) in [5, 5.41) is 1.22. The zero-order valence-corrected chi connectivity index (χ0v) is 12.5. The Hall–Kier alpha value is -1.53. The van der Waals surface area contributed by atoms with Crippen LogP contribution in [0.4, 0.5) is 0 Å². The molecule has 0 radical (unpaired) electrons. The summed E-state index contributed by atoms with van der Waals surface area (Å²) >= 11 is 0. The van der Waals surface area contributed by atoms with Gasteiger partial charge in [0.05, 0.1) is 20.2 Å². The number of carbonyl (C=O) groups is 1. The van der Waals surface area contributed by atoms with E-state index in [0.717, 1.165) is 5.56 Å². The summed E-state index contributed by atoms with van der Waals surface area (Å²) in [4.78, 5) is 11.9. The second-order valence-electron chi connectivity index (χ2n) is 4.92. The molecule has 0 aromatic heterocycles. The van der Waals surface area contributed by atoms with Gasteiger partial charge in [-0.3, -0.25) is 4.79 Å². The predicted octanol–water partition coefficient (Wildman–Crippen LogP) is 2.54. The maximum Gasteiger partial charge on any atom is 0.306 e. The molecule has 0 amide bonds. The molecule has 0 spiro atoms. The van der Waals surface area contributed by atoms with Crippen LogP contribution in [0.2, 0.25) is 18.6 Å². The zero-order chi connectivity index (χ0) is 13.8. The molecule has 2 nitrogen and oxygen atoms in total. The largest absolute Gasteiger partial charge is 0.466 e. The van der Waals surface area contributed by atoms with E-state index in [-0.39, 0.29) is 11.5 Å². The number of terminal acetylenes is 1. The molecule has 0 aliphatic rings. The topological polar surface area (TPSA) is 26.3 Å². The number of rotatable bonds is 4. The van der Waals surface area contributed by atoms with Gasteiger partial charge < -0.3 is 4.74 Å². The number of benzene rings is 1. The molecule has 1 aromatic rings. The van der Waals surface area contributed by atoms with Crippen molar-refractivity contribution in [2.75, 3.05) is 6.61 Å². The number of carbonyl (C=O) groups excluding carboxylic acids is 1. The highest BCUT2D eigenvalue weighted by Gasteiger charge is 2.36. The number of esters is 1. The van der Waals surface area contributed by atoms with Crippen LogP contribution >= 0.6 is 0 Å². The van der Waals surface area contributed by atoms with Gasteiger partial charge in [0.25, 0.3) is 0 Å². The molecule has 0 saturated heterocycles. The molecular formula is C15H20O2Si. The van der Waals surface area contributed by atoms with Crippen molar-refractivity contribution in [1.29, 1.82) is 0 Å². The second-order valence-corrected chi connectivity index (χ2v) is 9.80. The minimum absolute atomic E-state index is 0.0610. The third-order valence-corrected chi connectivity index (χ3v) is 7.74. The Balaban J connectivity index is 2.97. The van der Waals surface area contributed by atoms with Crippen molar-refractivity contribution in [3.63, 3.8) is 0 Å². The average Bonchev–Trinajstić information content (AvgIpc) is 2.38. The molecule has 1 rings (SSSR count). The summed E-state index contributed by atoms with van der Waals surface area (Å²) in [6.45, 7) is 8.59. The molecule has 1 atom stereocenters. The van der Waals surface area contributed by atoms with Crippen molar-refractivity contribution >= 4 is 19.2 Å². The maximum atomic E-state index is 11.9. The second kappa shape index (κ2) is 5.88. The van der Waals surface area contributed by atoms with Gasteiger partial charge >= 0.3 is 5.97 Å². The van der Waals surface area contributed by atoms with Gasteiger partial charge in [-0.05, 0) is 19.1 Å². The van der Waals surface area contributed by atoms with Crippen LogP contribution in [-0.2, 0) is 9.53 Å². The van der Waals surface area contributed by atoms with E-state index in [4.69, 9.17) is 11.2 Å². The predicted molar refractivity (Wildman–Crippen MR) is 77.6 cm³/mol. The molecule has 0 aliphatic heterocycles. The highest BCUT2D eigenvalue weighted by molar-refractivity contribution is 6.93.